The van der Waals surface area contributed by atoms with E-state index in [9.17, 15) is 0 Å². The van der Waals surface area contributed by atoms with Gasteiger partial charge < -0.3 is 15.4 Å². The van der Waals surface area contributed by atoms with E-state index >= 15 is 0 Å². The summed E-state index contributed by atoms with van der Waals surface area (Å²) < 4.78 is 5.62. The molecule has 0 bridgehead atoms. The zero-order valence-electron chi connectivity index (χ0n) is 9.76. The fraction of sp³-hybridized carbons (Fsp3) is 0.667. The van der Waals surface area contributed by atoms with Gasteiger partial charge in [-0.1, -0.05) is 6.07 Å². The number of likely N-dealkylation sites (N-methyl/N-ethyl adjacent to an activating group) is 1. The maximum atomic E-state index is 6.14. The second-order valence-electron chi connectivity index (χ2n) is 4.48. The van der Waals surface area contributed by atoms with E-state index in [2.05, 4.69) is 29.5 Å². The normalized spacial score (nSPS) is 22.8. The van der Waals surface area contributed by atoms with E-state index in [-0.39, 0.29) is 6.04 Å². The van der Waals surface area contributed by atoms with E-state index < -0.39 is 0 Å². The Kier molecular flexibility index (Phi) is 4.35. The second kappa shape index (κ2) is 5.77. The third-order valence-corrected chi connectivity index (χ3v) is 3.96. The van der Waals surface area contributed by atoms with Gasteiger partial charge in [-0.05, 0) is 31.3 Å². The van der Waals surface area contributed by atoms with Crippen LogP contribution in [0.15, 0.2) is 17.5 Å². The molecule has 16 heavy (non-hydrogen) atoms. The minimum atomic E-state index is 0.131. The summed E-state index contributed by atoms with van der Waals surface area (Å²) in [6, 6.07) is 4.29. The van der Waals surface area contributed by atoms with Crippen LogP contribution in [0.3, 0.4) is 0 Å². The van der Waals surface area contributed by atoms with Crippen molar-refractivity contribution in [3.8, 4) is 0 Å². The molecule has 0 aromatic carbocycles. The molecular formula is C12H20N2OS. The summed E-state index contributed by atoms with van der Waals surface area (Å²) >= 11 is 1.73. The van der Waals surface area contributed by atoms with E-state index in [1.54, 1.807) is 11.3 Å². The molecule has 0 aliphatic carbocycles. The summed E-state index contributed by atoms with van der Waals surface area (Å²) in [5, 5.41) is 2.08. The number of nitrogens with zero attached hydrogens (tertiary/aromatic N) is 1. The summed E-state index contributed by atoms with van der Waals surface area (Å²) in [6.45, 7) is 2.83. The van der Waals surface area contributed by atoms with Gasteiger partial charge in [-0.2, -0.15) is 0 Å². The van der Waals surface area contributed by atoms with Crippen molar-refractivity contribution in [3.05, 3.63) is 22.4 Å². The van der Waals surface area contributed by atoms with Crippen molar-refractivity contribution in [3.63, 3.8) is 0 Å². The van der Waals surface area contributed by atoms with Crippen LogP contribution < -0.4 is 5.73 Å². The molecule has 4 heteroatoms. The molecule has 2 heterocycles. The van der Waals surface area contributed by atoms with Crippen molar-refractivity contribution in [2.45, 2.75) is 25.0 Å². The lowest BCUT2D eigenvalue weighted by atomic mass is 10.2. The van der Waals surface area contributed by atoms with Gasteiger partial charge in [0.1, 0.15) is 0 Å². The largest absolute Gasteiger partial charge is 0.377 e. The molecule has 0 radical (unpaired) electrons. The standard InChI is InChI=1S/C12H20N2OS/c1-14(8-10-4-2-6-15-10)9-11(13)12-5-3-7-16-12/h3,5,7,10-11H,2,4,6,8-9,13H2,1H3. The van der Waals surface area contributed by atoms with Gasteiger partial charge in [0.25, 0.3) is 0 Å². The van der Waals surface area contributed by atoms with Crippen LogP contribution in [0.5, 0.6) is 0 Å². The number of hydrogen-bond acceptors (Lipinski definition) is 4. The quantitative estimate of drug-likeness (QED) is 0.854. The molecule has 1 aliphatic rings. The molecular weight excluding hydrogens is 220 g/mol. The van der Waals surface area contributed by atoms with E-state index in [0.29, 0.717) is 6.10 Å². The molecule has 1 aromatic heterocycles. The average molecular weight is 240 g/mol. The molecule has 0 spiro atoms. The Labute approximate surface area is 101 Å². The number of rotatable bonds is 5. The van der Waals surface area contributed by atoms with Crippen molar-refractivity contribution in [1.29, 1.82) is 0 Å². The van der Waals surface area contributed by atoms with Crippen LogP contribution in [0.4, 0.5) is 0 Å². The van der Waals surface area contributed by atoms with Crippen molar-refractivity contribution in [2.75, 3.05) is 26.7 Å². The molecule has 2 N–H and O–H groups in total. The van der Waals surface area contributed by atoms with E-state index in [0.717, 1.165) is 19.7 Å². The molecule has 1 saturated heterocycles. The fourth-order valence-electron chi connectivity index (χ4n) is 2.14. The van der Waals surface area contributed by atoms with Gasteiger partial charge >= 0.3 is 0 Å². The first-order valence-electron chi connectivity index (χ1n) is 5.85. The summed E-state index contributed by atoms with van der Waals surface area (Å²) in [7, 11) is 2.12. The molecule has 1 fully saturated rings. The van der Waals surface area contributed by atoms with E-state index in [1.807, 2.05) is 0 Å². The van der Waals surface area contributed by atoms with Gasteiger partial charge in [0.05, 0.1) is 12.1 Å². The predicted molar refractivity (Wildman–Crippen MR) is 67.7 cm³/mol. The summed E-state index contributed by atoms with van der Waals surface area (Å²) in [5.41, 5.74) is 6.14. The Hall–Kier alpha value is -0.420. The Morgan fingerprint density at radius 1 is 1.69 bits per heavy atom. The van der Waals surface area contributed by atoms with Crippen LogP contribution in [0.25, 0.3) is 0 Å². The molecule has 2 rings (SSSR count). The van der Waals surface area contributed by atoms with Gasteiger partial charge in [-0.25, -0.2) is 0 Å². The first-order chi connectivity index (χ1) is 7.75. The van der Waals surface area contributed by atoms with Crippen molar-refractivity contribution >= 4 is 11.3 Å². The van der Waals surface area contributed by atoms with Gasteiger partial charge in [-0.15, -0.1) is 11.3 Å². The maximum Gasteiger partial charge on any atom is 0.0702 e. The highest BCUT2D eigenvalue weighted by molar-refractivity contribution is 7.10. The molecule has 90 valence electrons. The van der Waals surface area contributed by atoms with Crippen molar-refractivity contribution in [2.24, 2.45) is 5.73 Å². The second-order valence-corrected chi connectivity index (χ2v) is 5.46. The lowest BCUT2D eigenvalue weighted by Crippen LogP contribution is -2.34. The van der Waals surface area contributed by atoms with Gasteiger partial charge in [0.15, 0.2) is 0 Å². The van der Waals surface area contributed by atoms with Crippen LogP contribution in [0, 0.1) is 0 Å². The van der Waals surface area contributed by atoms with Gasteiger partial charge in [0, 0.05) is 24.6 Å². The molecule has 0 saturated carbocycles. The van der Waals surface area contributed by atoms with E-state index in [4.69, 9.17) is 10.5 Å². The first kappa shape index (κ1) is 12.0. The Morgan fingerprint density at radius 2 is 2.56 bits per heavy atom. The van der Waals surface area contributed by atoms with Crippen molar-refractivity contribution < 1.29 is 4.74 Å². The Morgan fingerprint density at radius 3 is 3.19 bits per heavy atom. The lowest BCUT2D eigenvalue weighted by Gasteiger charge is -2.23. The molecule has 3 nitrogen and oxygen atoms in total. The fourth-order valence-corrected chi connectivity index (χ4v) is 2.86. The average Bonchev–Trinajstić information content (AvgIpc) is 2.88. The Bertz CT molecular complexity index is 296. The minimum absolute atomic E-state index is 0.131. The summed E-state index contributed by atoms with van der Waals surface area (Å²) in [6.07, 6.45) is 2.81. The highest BCUT2D eigenvalue weighted by Crippen LogP contribution is 2.18. The van der Waals surface area contributed by atoms with Crippen LogP contribution >= 0.6 is 11.3 Å². The molecule has 0 amide bonds. The lowest BCUT2D eigenvalue weighted by molar-refractivity contribution is 0.0797. The van der Waals surface area contributed by atoms with Crippen molar-refractivity contribution in [1.82, 2.24) is 4.90 Å². The van der Waals surface area contributed by atoms with Gasteiger partial charge in [0.2, 0.25) is 0 Å². The third kappa shape index (κ3) is 3.28. The third-order valence-electron chi connectivity index (χ3n) is 2.96. The van der Waals surface area contributed by atoms with E-state index in [1.165, 1.54) is 17.7 Å². The highest BCUT2D eigenvalue weighted by atomic mass is 32.1. The number of ether oxygens (including phenoxy) is 1. The van der Waals surface area contributed by atoms with Crippen LogP contribution in [0.1, 0.15) is 23.8 Å². The molecule has 1 aromatic rings. The monoisotopic (exact) mass is 240 g/mol. The number of nitrogens with two attached hydrogens (primary N) is 1. The molecule has 2 unspecified atom stereocenters. The van der Waals surface area contributed by atoms with Crippen LogP contribution in [-0.2, 0) is 4.74 Å². The summed E-state index contributed by atoms with van der Waals surface area (Å²) in [4.78, 5) is 3.54. The molecule has 2 atom stereocenters. The SMILES string of the molecule is CN(CC1CCCO1)CC(N)c1cccs1. The topological polar surface area (TPSA) is 38.5 Å². The van der Waals surface area contributed by atoms with Gasteiger partial charge in [-0.3, -0.25) is 0 Å². The van der Waals surface area contributed by atoms with Crippen LogP contribution in [0.2, 0.25) is 0 Å². The summed E-state index contributed by atoms with van der Waals surface area (Å²) in [5.74, 6) is 0. The smallest absolute Gasteiger partial charge is 0.0702 e. The predicted octanol–water partition coefficient (Wildman–Crippen LogP) is 1.86. The Balaban J connectivity index is 1.75. The zero-order valence-corrected chi connectivity index (χ0v) is 10.6. The molecule has 1 aliphatic heterocycles. The van der Waals surface area contributed by atoms with Crippen LogP contribution in [-0.4, -0.2) is 37.7 Å². The minimum Gasteiger partial charge on any atom is -0.377 e. The zero-order chi connectivity index (χ0) is 11.4. The highest BCUT2D eigenvalue weighted by Gasteiger charge is 2.18. The first-order valence-corrected chi connectivity index (χ1v) is 6.73. The maximum absolute atomic E-state index is 6.14. The number of hydrogen-bond donors (Lipinski definition) is 1. The number of thiophene rings is 1.